The van der Waals surface area contributed by atoms with Crippen LogP contribution in [0.4, 0.5) is 0 Å². The largest absolute Gasteiger partial charge is 0.463 e. The van der Waals surface area contributed by atoms with Crippen molar-refractivity contribution >= 4 is 23.8 Å². The van der Waals surface area contributed by atoms with Gasteiger partial charge in [-0.15, -0.1) is 0 Å². The van der Waals surface area contributed by atoms with E-state index in [1.165, 1.54) is 27.7 Å². The molecule has 1 unspecified atom stereocenters. The fraction of sp³-hybridized carbons (Fsp3) is 0.833. The molecule has 0 aromatic rings. The van der Waals surface area contributed by atoms with Crippen LogP contribution in [-0.2, 0) is 47.6 Å². The molecule has 3 N–H and O–H groups in total. The summed E-state index contributed by atoms with van der Waals surface area (Å²) in [7, 11) is 0. The second kappa shape index (κ2) is 13.9. The van der Waals surface area contributed by atoms with Crippen molar-refractivity contribution in [3.8, 4) is 0 Å². The minimum atomic E-state index is -1.17. The van der Waals surface area contributed by atoms with Gasteiger partial charge in [-0.25, -0.2) is 0 Å². The molecule has 1 aliphatic heterocycles. The van der Waals surface area contributed by atoms with Gasteiger partial charge in [-0.3, -0.25) is 19.2 Å². The molecule has 1 amide bonds. The van der Waals surface area contributed by atoms with Crippen LogP contribution < -0.4 is 11.1 Å². The maximum atomic E-state index is 12.0. The Labute approximate surface area is 212 Å². The average Bonchev–Trinajstić information content (AvgIpc) is 2.73. The van der Waals surface area contributed by atoms with Crippen LogP contribution in [0.3, 0.4) is 0 Å². The van der Waals surface area contributed by atoms with Crippen LogP contribution in [0, 0.1) is 10.8 Å². The number of rotatable bonds is 13. The lowest BCUT2D eigenvalue weighted by Crippen LogP contribution is -2.66. The summed E-state index contributed by atoms with van der Waals surface area (Å²) in [5, 5.41) is 2.67. The minimum Gasteiger partial charge on any atom is -0.463 e. The van der Waals surface area contributed by atoms with Crippen molar-refractivity contribution in [2.75, 3.05) is 33.0 Å². The molecule has 1 rings (SSSR count). The molecule has 0 spiro atoms. The molecule has 208 valence electrons. The van der Waals surface area contributed by atoms with E-state index < -0.39 is 59.9 Å². The molecule has 12 heteroatoms. The predicted molar refractivity (Wildman–Crippen MR) is 127 cm³/mol. The van der Waals surface area contributed by atoms with Crippen LogP contribution in [0.1, 0.15) is 55.4 Å². The summed E-state index contributed by atoms with van der Waals surface area (Å²) in [6.07, 6.45) is -4.48. The first-order chi connectivity index (χ1) is 16.6. The van der Waals surface area contributed by atoms with Gasteiger partial charge >= 0.3 is 17.9 Å². The number of nitrogens with two attached hydrogens (primary N) is 1. The van der Waals surface area contributed by atoms with Gasteiger partial charge in [-0.05, 0) is 6.54 Å². The van der Waals surface area contributed by atoms with E-state index in [4.69, 9.17) is 34.2 Å². The fourth-order valence-corrected chi connectivity index (χ4v) is 3.45. The SMILES string of the molecule is CC(=O)N[C@H]1C(OCC(C)(C)COCC(C)(C)CN)O[C@H](COC(C)=O)[C@H](OC(C)=O)[C@@H]1OC(C)=O. The molecule has 1 fully saturated rings. The van der Waals surface area contributed by atoms with Gasteiger partial charge in [0.2, 0.25) is 5.91 Å². The predicted octanol–water partition coefficient (Wildman–Crippen LogP) is 0.687. The number of ether oxygens (including phenoxy) is 6. The van der Waals surface area contributed by atoms with E-state index in [0.29, 0.717) is 19.8 Å². The highest BCUT2D eigenvalue weighted by molar-refractivity contribution is 5.73. The Morgan fingerprint density at radius 3 is 1.89 bits per heavy atom. The number of amides is 1. The van der Waals surface area contributed by atoms with Gasteiger partial charge in [0.05, 0.1) is 19.8 Å². The summed E-state index contributed by atoms with van der Waals surface area (Å²) >= 11 is 0. The van der Waals surface area contributed by atoms with Crippen molar-refractivity contribution in [2.45, 2.75) is 86.0 Å². The molecule has 0 aromatic carbocycles. The summed E-state index contributed by atoms with van der Waals surface area (Å²) in [5.74, 6) is -2.37. The van der Waals surface area contributed by atoms with Crippen molar-refractivity contribution in [3.05, 3.63) is 0 Å². The molecule has 36 heavy (non-hydrogen) atoms. The number of nitrogens with one attached hydrogen (secondary N) is 1. The normalized spacial score (nSPS) is 24.5. The Balaban J connectivity index is 3.15. The Morgan fingerprint density at radius 1 is 0.833 bits per heavy atom. The van der Waals surface area contributed by atoms with Crippen LogP contribution in [0.5, 0.6) is 0 Å². The van der Waals surface area contributed by atoms with Crippen molar-refractivity contribution in [1.29, 1.82) is 0 Å². The minimum absolute atomic E-state index is 0.141. The molecular weight excluding hydrogens is 476 g/mol. The lowest BCUT2D eigenvalue weighted by Gasteiger charge is -2.45. The Morgan fingerprint density at radius 2 is 1.39 bits per heavy atom. The molecule has 1 aliphatic rings. The van der Waals surface area contributed by atoms with Crippen LogP contribution in [0.25, 0.3) is 0 Å². The molecule has 0 aliphatic carbocycles. The van der Waals surface area contributed by atoms with E-state index in [2.05, 4.69) is 5.32 Å². The van der Waals surface area contributed by atoms with Crippen LogP contribution in [-0.4, -0.2) is 87.4 Å². The highest BCUT2D eigenvalue weighted by Gasteiger charge is 2.51. The standard InChI is InChI=1S/C24H42N2O10/c1-14(27)26-19-21(35-17(4)30)20(34-16(3)29)18(9-32-15(2)28)36-22(19)33-13-24(7,8)12-31-11-23(5,6)10-25/h18-22H,9-13,25H2,1-8H3,(H,26,27)/t18-,19-,20+,21-,22?/m1/s1. The fourth-order valence-electron chi connectivity index (χ4n) is 3.45. The zero-order valence-corrected chi connectivity index (χ0v) is 22.6. The second-order valence-electron chi connectivity index (χ2n) is 10.6. The third kappa shape index (κ3) is 11.2. The van der Waals surface area contributed by atoms with Crippen LogP contribution >= 0.6 is 0 Å². The van der Waals surface area contributed by atoms with Crippen molar-refractivity contribution in [1.82, 2.24) is 5.32 Å². The molecule has 12 nitrogen and oxygen atoms in total. The van der Waals surface area contributed by atoms with Crippen LogP contribution in [0.15, 0.2) is 0 Å². The lowest BCUT2D eigenvalue weighted by molar-refractivity contribution is -0.283. The molecule has 5 atom stereocenters. The molecule has 1 saturated heterocycles. The highest BCUT2D eigenvalue weighted by atomic mass is 16.7. The van der Waals surface area contributed by atoms with Gasteiger partial charge in [0.1, 0.15) is 18.8 Å². The Hall–Kier alpha value is -2.28. The van der Waals surface area contributed by atoms with E-state index in [1.807, 2.05) is 27.7 Å². The number of carbonyl (C=O) groups is 4. The van der Waals surface area contributed by atoms with E-state index in [9.17, 15) is 19.2 Å². The molecule has 1 heterocycles. The quantitative estimate of drug-likeness (QED) is 0.260. The highest BCUT2D eigenvalue weighted by Crippen LogP contribution is 2.29. The average molecular weight is 519 g/mol. The van der Waals surface area contributed by atoms with Gasteiger partial charge in [0.25, 0.3) is 0 Å². The number of hydrogen-bond donors (Lipinski definition) is 2. The van der Waals surface area contributed by atoms with Gasteiger partial charge in [0, 0.05) is 38.5 Å². The van der Waals surface area contributed by atoms with Gasteiger partial charge < -0.3 is 39.5 Å². The number of esters is 3. The van der Waals surface area contributed by atoms with E-state index in [-0.39, 0.29) is 18.6 Å². The summed E-state index contributed by atoms with van der Waals surface area (Å²) < 4.78 is 33.8. The summed E-state index contributed by atoms with van der Waals surface area (Å²) in [4.78, 5) is 47.2. The smallest absolute Gasteiger partial charge is 0.303 e. The van der Waals surface area contributed by atoms with Crippen molar-refractivity contribution in [3.63, 3.8) is 0 Å². The van der Waals surface area contributed by atoms with Gasteiger partial charge in [-0.2, -0.15) is 0 Å². The zero-order chi connectivity index (χ0) is 27.7. The first kappa shape index (κ1) is 31.7. The molecular formula is C24H42N2O10. The van der Waals surface area contributed by atoms with E-state index in [0.717, 1.165) is 0 Å². The summed E-state index contributed by atoms with van der Waals surface area (Å²) in [6, 6.07) is -1.02. The number of carbonyl (C=O) groups excluding carboxylic acids is 4. The zero-order valence-electron chi connectivity index (χ0n) is 22.6. The number of hydrogen-bond acceptors (Lipinski definition) is 11. The second-order valence-corrected chi connectivity index (χ2v) is 10.6. The Bertz CT molecular complexity index is 770. The monoisotopic (exact) mass is 518 g/mol. The first-order valence-electron chi connectivity index (χ1n) is 11.9. The molecule has 0 radical (unpaired) electrons. The topological polar surface area (TPSA) is 162 Å². The van der Waals surface area contributed by atoms with E-state index >= 15 is 0 Å². The van der Waals surface area contributed by atoms with Gasteiger partial charge in [-0.1, -0.05) is 27.7 Å². The van der Waals surface area contributed by atoms with Crippen molar-refractivity contribution < 1.29 is 47.6 Å². The molecule has 0 bridgehead atoms. The van der Waals surface area contributed by atoms with E-state index in [1.54, 1.807) is 0 Å². The first-order valence-corrected chi connectivity index (χ1v) is 11.9. The third-order valence-corrected chi connectivity index (χ3v) is 5.25. The maximum absolute atomic E-state index is 12.0. The van der Waals surface area contributed by atoms with Crippen molar-refractivity contribution in [2.24, 2.45) is 16.6 Å². The molecule has 0 aromatic heterocycles. The lowest BCUT2D eigenvalue weighted by atomic mass is 9.93. The third-order valence-electron chi connectivity index (χ3n) is 5.25. The van der Waals surface area contributed by atoms with Crippen LogP contribution in [0.2, 0.25) is 0 Å². The maximum Gasteiger partial charge on any atom is 0.303 e. The Kier molecular flexibility index (Phi) is 12.2. The molecule has 0 saturated carbocycles. The van der Waals surface area contributed by atoms with Gasteiger partial charge in [0.15, 0.2) is 18.5 Å². The summed E-state index contributed by atoms with van der Waals surface area (Å²) in [6.45, 7) is 13.9. The summed E-state index contributed by atoms with van der Waals surface area (Å²) in [5.41, 5.74) is 5.12.